The van der Waals surface area contributed by atoms with Crippen LogP contribution in [-0.2, 0) is 14.3 Å². The van der Waals surface area contributed by atoms with E-state index in [0.29, 0.717) is 18.1 Å². The van der Waals surface area contributed by atoms with Crippen molar-refractivity contribution >= 4 is 11.8 Å². The van der Waals surface area contributed by atoms with Crippen LogP contribution in [0, 0.1) is 22.7 Å². The minimum atomic E-state index is -0.842. The molecule has 0 aromatic heterocycles. The van der Waals surface area contributed by atoms with Crippen molar-refractivity contribution in [2.45, 2.75) is 78.2 Å². The number of allylic oxidation sites excluding steroid dienone is 2. The number of Topliss-reactive ketones (excluding diaryl/α,β-unsaturated/α-hetero) is 1. The summed E-state index contributed by atoms with van der Waals surface area (Å²) in [5, 5.41) is 10.8. The van der Waals surface area contributed by atoms with Gasteiger partial charge in [-0.15, -0.1) is 0 Å². The molecule has 0 aromatic rings. The molecule has 0 saturated heterocycles. The lowest BCUT2D eigenvalue weighted by atomic mass is 9.54. The van der Waals surface area contributed by atoms with Gasteiger partial charge in [0.05, 0.1) is 19.1 Å². The summed E-state index contributed by atoms with van der Waals surface area (Å²) in [6, 6.07) is 0. The molecule has 150 valence electrons. The first-order chi connectivity index (χ1) is 12.5. The van der Waals surface area contributed by atoms with E-state index in [1.54, 1.807) is 0 Å². The molecule has 0 spiro atoms. The predicted molar refractivity (Wildman–Crippen MR) is 105 cm³/mol. The third kappa shape index (κ3) is 3.30. The highest BCUT2D eigenvalue weighted by molar-refractivity contribution is 5.88. The number of ketones is 1. The van der Waals surface area contributed by atoms with Crippen LogP contribution < -0.4 is 0 Å². The van der Waals surface area contributed by atoms with Crippen molar-refractivity contribution in [3.05, 3.63) is 23.3 Å². The minimum absolute atomic E-state index is 0.00385. The molecule has 4 nitrogen and oxygen atoms in total. The Morgan fingerprint density at radius 3 is 2.70 bits per heavy atom. The SMILES string of the molecule is COC(=O)CC=C1CC2=CC[C@]3(C)C(=O)CC[C@@]3(C)[C@@H]2CC[C@H]1C(C)(C)O. The van der Waals surface area contributed by atoms with Crippen LogP contribution in [0.15, 0.2) is 23.3 Å². The monoisotopic (exact) mass is 374 g/mol. The van der Waals surface area contributed by atoms with E-state index in [1.807, 2.05) is 19.9 Å². The average Bonchev–Trinajstić information content (AvgIpc) is 2.76. The Hall–Kier alpha value is -1.42. The third-order valence-corrected chi connectivity index (χ3v) is 7.95. The maximum Gasteiger partial charge on any atom is 0.309 e. The standard InChI is InChI=1S/C23H34O4/c1-21(2,26)17-7-8-18-16(14-15(17)6-9-20(25)27-5)10-12-23(4)19(24)11-13-22(18,23)3/h6,10,17-18,26H,7-9,11-14H2,1-5H3/t17-,18-,22+,23-/m1/s1. The molecule has 0 aliphatic heterocycles. The third-order valence-electron chi connectivity index (χ3n) is 7.95. The van der Waals surface area contributed by atoms with Gasteiger partial charge in [0.25, 0.3) is 0 Å². The number of carbonyl (C=O) groups is 2. The van der Waals surface area contributed by atoms with Gasteiger partial charge in [0, 0.05) is 17.8 Å². The number of fused-ring (bicyclic) bond motifs is 3. The largest absolute Gasteiger partial charge is 0.469 e. The molecular weight excluding hydrogens is 340 g/mol. The van der Waals surface area contributed by atoms with E-state index in [2.05, 4.69) is 19.9 Å². The number of aliphatic hydroxyl groups is 1. The van der Waals surface area contributed by atoms with E-state index in [-0.39, 0.29) is 29.1 Å². The van der Waals surface area contributed by atoms with Crippen LogP contribution in [0.25, 0.3) is 0 Å². The molecule has 3 aliphatic rings. The molecule has 4 atom stereocenters. The fourth-order valence-corrected chi connectivity index (χ4v) is 5.93. The van der Waals surface area contributed by atoms with Gasteiger partial charge in [-0.1, -0.05) is 37.1 Å². The van der Waals surface area contributed by atoms with Crippen molar-refractivity contribution in [1.29, 1.82) is 0 Å². The number of esters is 1. The summed E-state index contributed by atoms with van der Waals surface area (Å²) in [4.78, 5) is 24.3. The molecule has 0 radical (unpaired) electrons. The summed E-state index contributed by atoms with van der Waals surface area (Å²) >= 11 is 0. The van der Waals surface area contributed by atoms with Crippen molar-refractivity contribution < 1.29 is 19.4 Å². The molecule has 2 fully saturated rings. The zero-order valence-electron chi connectivity index (χ0n) is 17.4. The van der Waals surface area contributed by atoms with Crippen LogP contribution in [0.2, 0.25) is 0 Å². The molecular formula is C23H34O4. The summed E-state index contributed by atoms with van der Waals surface area (Å²) in [5.74, 6) is 0.540. The summed E-state index contributed by atoms with van der Waals surface area (Å²) in [6.07, 6.45) is 9.59. The van der Waals surface area contributed by atoms with Gasteiger partial charge in [-0.05, 0) is 57.3 Å². The molecule has 4 heteroatoms. The molecule has 0 unspecified atom stereocenters. The average molecular weight is 375 g/mol. The quantitative estimate of drug-likeness (QED) is 0.588. The number of rotatable bonds is 3. The Labute approximate surface area is 163 Å². The van der Waals surface area contributed by atoms with E-state index in [0.717, 1.165) is 37.7 Å². The zero-order valence-corrected chi connectivity index (χ0v) is 17.4. The van der Waals surface area contributed by atoms with E-state index in [4.69, 9.17) is 4.74 Å². The highest BCUT2D eigenvalue weighted by Gasteiger charge is 2.59. The Bertz CT molecular complexity index is 696. The molecule has 2 saturated carbocycles. The van der Waals surface area contributed by atoms with Gasteiger partial charge in [0.2, 0.25) is 0 Å². The Morgan fingerprint density at radius 2 is 2.07 bits per heavy atom. The minimum Gasteiger partial charge on any atom is -0.469 e. The fourth-order valence-electron chi connectivity index (χ4n) is 5.93. The van der Waals surface area contributed by atoms with Gasteiger partial charge in [0.1, 0.15) is 5.78 Å². The normalized spacial score (nSPS) is 38.1. The molecule has 0 aromatic carbocycles. The summed E-state index contributed by atoms with van der Waals surface area (Å²) in [6.45, 7) is 8.18. The first-order valence-electron chi connectivity index (χ1n) is 10.2. The number of hydrogen-bond acceptors (Lipinski definition) is 4. The van der Waals surface area contributed by atoms with Gasteiger partial charge in [-0.3, -0.25) is 9.59 Å². The fraction of sp³-hybridized carbons (Fsp3) is 0.739. The zero-order chi connectivity index (χ0) is 20.0. The molecule has 0 heterocycles. The number of hydrogen-bond donors (Lipinski definition) is 1. The molecule has 27 heavy (non-hydrogen) atoms. The lowest BCUT2D eigenvalue weighted by molar-refractivity contribution is -0.139. The lowest BCUT2D eigenvalue weighted by Crippen LogP contribution is -2.45. The second kappa shape index (κ2) is 6.88. The smallest absolute Gasteiger partial charge is 0.309 e. The van der Waals surface area contributed by atoms with Gasteiger partial charge in [-0.25, -0.2) is 0 Å². The van der Waals surface area contributed by atoms with Gasteiger partial charge >= 0.3 is 5.97 Å². The second-order valence-corrected chi connectivity index (χ2v) is 9.73. The van der Waals surface area contributed by atoms with E-state index >= 15 is 0 Å². The maximum atomic E-state index is 12.7. The van der Waals surface area contributed by atoms with Crippen LogP contribution in [0.3, 0.4) is 0 Å². The van der Waals surface area contributed by atoms with Crippen molar-refractivity contribution in [2.75, 3.05) is 7.11 Å². The summed E-state index contributed by atoms with van der Waals surface area (Å²) < 4.78 is 4.80. The van der Waals surface area contributed by atoms with Crippen molar-refractivity contribution in [1.82, 2.24) is 0 Å². The first-order valence-corrected chi connectivity index (χ1v) is 10.2. The number of carbonyl (C=O) groups excluding carboxylic acids is 2. The molecule has 1 N–H and O–H groups in total. The van der Waals surface area contributed by atoms with Crippen LogP contribution in [-0.4, -0.2) is 29.6 Å². The maximum absolute atomic E-state index is 12.7. The second-order valence-electron chi connectivity index (χ2n) is 9.73. The van der Waals surface area contributed by atoms with Crippen LogP contribution in [0.4, 0.5) is 0 Å². The molecule has 3 rings (SSSR count). The Balaban J connectivity index is 1.97. The molecule has 0 bridgehead atoms. The highest BCUT2D eigenvalue weighted by Crippen LogP contribution is 2.63. The van der Waals surface area contributed by atoms with Gasteiger partial charge < -0.3 is 9.84 Å². The lowest BCUT2D eigenvalue weighted by Gasteiger charge is -2.49. The number of methoxy groups -OCH3 is 1. The van der Waals surface area contributed by atoms with Crippen molar-refractivity contribution in [3.63, 3.8) is 0 Å². The molecule has 0 amide bonds. The van der Waals surface area contributed by atoms with Crippen LogP contribution >= 0.6 is 0 Å². The predicted octanol–water partition coefficient (Wildman–Crippen LogP) is 4.37. The van der Waals surface area contributed by atoms with Crippen molar-refractivity contribution in [3.8, 4) is 0 Å². The van der Waals surface area contributed by atoms with E-state index in [9.17, 15) is 14.7 Å². The van der Waals surface area contributed by atoms with Crippen molar-refractivity contribution in [2.24, 2.45) is 22.7 Å². The Kier molecular flexibility index (Phi) is 5.17. The topological polar surface area (TPSA) is 63.6 Å². The van der Waals surface area contributed by atoms with Crippen LogP contribution in [0.5, 0.6) is 0 Å². The summed E-state index contributed by atoms with van der Waals surface area (Å²) in [7, 11) is 1.40. The van der Waals surface area contributed by atoms with Gasteiger partial charge in [-0.2, -0.15) is 0 Å². The molecule has 3 aliphatic carbocycles. The number of ether oxygens (including phenoxy) is 1. The highest BCUT2D eigenvalue weighted by atomic mass is 16.5. The Morgan fingerprint density at radius 1 is 1.37 bits per heavy atom. The van der Waals surface area contributed by atoms with E-state index < -0.39 is 5.60 Å². The van der Waals surface area contributed by atoms with Gasteiger partial charge in [0.15, 0.2) is 0 Å². The summed E-state index contributed by atoms with van der Waals surface area (Å²) in [5.41, 5.74) is 1.43. The van der Waals surface area contributed by atoms with Crippen LogP contribution in [0.1, 0.15) is 72.6 Å². The van der Waals surface area contributed by atoms with E-state index in [1.165, 1.54) is 12.7 Å². The first kappa shape index (κ1) is 20.3.